The monoisotopic (exact) mass is 291 g/mol. The van der Waals surface area contributed by atoms with E-state index in [0.717, 1.165) is 18.1 Å². The molecule has 1 fully saturated rings. The molecule has 1 heterocycles. The van der Waals surface area contributed by atoms with Crippen molar-refractivity contribution in [3.8, 4) is 0 Å². The summed E-state index contributed by atoms with van der Waals surface area (Å²) in [7, 11) is 5.24. The zero-order valence-corrected chi connectivity index (χ0v) is 12.6. The Morgan fingerprint density at radius 2 is 2.22 bits per heavy atom. The maximum absolute atomic E-state index is 11.5. The van der Waals surface area contributed by atoms with Crippen molar-refractivity contribution in [2.24, 2.45) is 0 Å². The predicted molar refractivity (Wildman–Crippen MR) is 76.5 cm³/mol. The largest absolute Gasteiger partial charge is 0.467 e. The number of carbonyl (C=O) groups is 2. The van der Waals surface area contributed by atoms with Gasteiger partial charge in [-0.05, 0) is 26.2 Å². The Labute approximate surface area is 116 Å². The number of methoxy groups -OCH3 is 1. The molecule has 0 aromatic rings. The van der Waals surface area contributed by atoms with Crippen LogP contribution in [0.2, 0.25) is 0 Å². The third kappa shape index (κ3) is 6.00. The molecule has 0 aromatic heterocycles. The summed E-state index contributed by atoms with van der Waals surface area (Å²) in [5, 5.41) is 3.41. The number of hydrogen-bond acceptors (Lipinski definition) is 5. The van der Waals surface area contributed by atoms with E-state index in [1.165, 1.54) is 25.7 Å². The fourth-order valence-corrected chi connectivity index (χ4v) is 4.80. The van der Waals surface area contributed by atoms with Crippen LogP contribution in [-0.2, 0) is 14.3 Å². The molecular formula is C12H21NO3S2. The summed E-state index contributed by atoms with van der Waals surface area (Å²) in [5.74, 6) is 0.788. The topological polar surface area (TPSA) is 55.4 Å². The number of rotatable bonds is 7. The minimum atomic E-state index is -0.552. The second-order valence-corrected chi connectivity index (χ2v) is 7.17. The molecule has 4 nitrogen and oxygen atoms in total. The SMILES string of the molecule is COC(=O)[C@H](C)NC(=O)CCCCC1CCSS1. The number of ether oxygens (including phenoxy) is 1. The first kappa shape index (κ1) is 15.7. The highest BCUT2D eigenvalue weighted by molar-refractivity contribution is 8.77. The van der Waals surface area contributed by atoms with E-state index < -0.39 is 12.0 Å². The molecule has 1 saturated heterocycles. The maximum atomic E-state index is 11.5. The van der Waals surface area contributed by atoms with E-state index >= 15 is 0 Å². The molecule has 6 heteroatoms. The van der Waals surface area contributed by atoms with Gasteiger partial charge in [-0.3, -0.25) is 4.79 Å². The molecule has 1 amide bonds. The van der Waals surface area contributed by atoms with Crippen molar-refractivity contribution in [1.29, 1.82) is 0 Å². The van der Waals surface area contributed by atoms with Crippen LogP contribution in [0.25, 0.3) is 0 Å². The normalized spacial score (nSPS) is 20.4. The minimum absolute atomic E-state index is 0.0682. The lowest BCUT2D eigenvalue weighted by atomic mass is 10.1. The van der Waals surface area contributed by atoms with E-state index in [2.05, 4.69) is 10.1 Å². The molecule has 18 heavy (non-hydrogen) atoms. The third-order valence-electron chi connectivity index (χ3n) is 2.84. The first-order valence-corrected chi connectivity index (χ1v) is 8.67. The summed E-state index contributed by atoms with van der Waals surface area (Å²) < 4.78 is 4.55. The van der Waals surface area contributed by atoms with Gasteiger partial charge in [-0.25, -0.2) is 4.79 Å². The molecule has 1 unspecified atom stereocenters. The van der Waals surface area contributed by atoms with Crippen molar-refractivity contribution in [3.05, 3.63) is 0 Å². The molecule has 0 aromatic carbocycles. The molecule has 2 atom stereocenters. The van der Waals surface area contributed by atoms with E-state index in [4.69, 9.17) is 0 Å². The molecule has 1 N–H and O–H groups in total. The van der Waals surface area contributed by atoms with Gasteiger partial charge in [0.25, 0.3) is 0 Å². The van der Waals surface area contributed by atoms with Crippen LogP contribution in [0.1, 0.15) is 39.0 Å². The second-order valence-electron chi connectivity index (χ2n) is 4.39. The van der Waals surface area contributed by atoms with Crippen molar-refractivity contribution in [3.63, 3.8) is 0 Å². The first-order chi connectivity index (χ1) is 8.63. The number of unbranched alkanes of at least 4 members (excludes halogenated alkanes) is 1. The summed E-state index contributed by atoms with van der Waals surface area (Å²) in [6.45, 7) is 1.64. The molecule has 1 aliphatic heterocycles. The Morgan fingerprint density at radius 3 is 2.83 bits per heavy atom. The van der Waals surface area contributed by atoms with Gasteiger partial charge in [0.05, 0.1) is 7.11 Å². The van der Waals surface area contributed by atoms with Crippen LogP contribution in [0.3, 0.4) is 0 Å². The van der Waals surface area contributed by atoms with Crippen LogP contribution in [0.5, 0.6) is 0 Å². The van der Waals surface area contributed by atoms with Gasteiger partial charge < -0.3 is 10.1 Å². The van der Waals surface area contributed by atoms with Crippen molar-refractivity contribution >= 4 is 33.5 Å². The van der Waals surface area contributed by atoms with Crippen molar-refractivity contribution in [1.82, 2.24) is 5.32 Å². The van der Waals surface area contributed by atoms with E-state index in [1.807, 2.05) is 21.6 Å². The van der Waals surface area contributed by atoms with Gasteiger partial charge in [-0.2, -0.15) is 0 Å². The highest BCUT2D eigenvalue weighted by Crippen LogP contribution is 2.39. The van der Waals surface area contributed by atoms with Crippen molar-refractivity contribution < 1.29 is 14.3 Å². The first-order valence-electron chi connectivity index (χ1n) is 6.29. The Hall–Kier alpha value is -0.360. The molecule has 1 rings (SSSR count). The summed E-state index contributed by atoms with van der Waals surface area (Å²) in [6.07, 6.45) is 4.95. The number of esters is 1. The lowest BCUT2D eigenvalue weighted by Gasteiger charge is -2.11. The Bertz CT molecular complexity index is 280. The molecule has 0 aliphatic carbocycles. The van der Waals surface area contributed by atoms with E-state index in [9.17, 15) is 9.59 Å². The summed E-state index contributed by atoms with van der Waals surface area (Å²) >= 11 is 0. The Morgan fingerprint density at radius 1 is 1.44 bits per heavy atom. The maximum Gasteiger partial charge on any atom is 0.328 e. The summed E-state index contributed by atoms with van der Waals surface area (Å²) in [4.78, 5) is 22.7. The average molecular weight is 291 g/mol. The third-order valence-corrected chi connectivity index (χ3v) is 5.85. The summed E-state index contributed by atoms with van der Waals surface area (Å²) in [5.41, 5.74) is 0. The van der Waals surface area contributed by atoms with Crippen LogP contribution in [-0.4, -0.2) is 36.0 Å². The van der Waals surface area contributed by atoms with Gasteiger partial charge in [0.2, 0.25) is 5.91 Å². The number of carbonyl (C=O) groups excluding carboxylic acids is 2. The van der Waals surface area contributed by atoms with Gasteiger partial charge in [0.15, 0.2) is 0 Å². The van der Waals surface area contributed by atoms with Gasteiger partial charge in [-0.1, -0.05) is 28.0 Å². The quantitative estimate of drug-likeness (QED) is 0.443. The minimum Gasteiger partial charge on any atom is -0.467 e. The lowest BCUT2D eigenvalue weighted by Crippen LogP contribution is -2.39. The fraction of sp³-hybridized carbons (Fsp3) is 0.833. The van der Waals surface area contributed by atoms with Crippen LogP contribution in [0.4, 0.5) is 0 Å². The van der Waals surface area contributed by atoms with Gasteiger partial charge in [0.1, 0.15) is 6.04 Å². The van der Waals surface area contributed by atoms with E-state index in [-0.39, 0.29) is 5.91 Å². The zero-order chi connectivity index (χ0) is 13.4. The highest BCUT2D eigenvalue weighted by Gasteiger charge is 2.17. The molecule has 0 radical (unpaired) electrons. The highest BCUT2D eigenvalue weighted by atomic mass is 33.1. The lowest BCUT2D eigenvalue weighted by molar-refractivity contribution is -0.144. The predicted octanol–water partition coefficient (Wildman–Crippen LogP) is 2.38. The van der Waals surface area contributed by atoms with E-state index in [0.29, 0.717) is 6.42 Å². The van der Waals surface area contributed by atoms with Crippen LogP contribution >= 0.6 is 21.6 Å². The zero-order valence-electron chi connectivity index (χ0n) is 10.9. The van der Waals surface area contributed by atoms with Gasteiger partial charge in [-0.15, -0.1) is 0 Å². The fourth-order valence-electron chi connectivity index (χ4n) is 1.77. The smallest absolute Gasteiger partial charge is 0.328 e. The molecule has 0 saturated carbocycles. The molecular weight excluding hydrogens is 270 g/mol. The van der Waals surface area contributed by atoms with Crippen LogP contribution in [0, 0.1) is 0 Å². The molecule has 104 valence electrons. The average Bonchev–Trinajstić information content (AvgIpc) is 2.86. The number of hydrogen-bond donors (Lipinski definition) is 1. The summed E-state index contributed by atoms with van der Waals surface area (Å²) in [6, 6.07) is -0.552. The van der Waals surface area contributed by atoms with Gasteiger partial charge in [0, 0.05) is 17.4 Å². The van der Waals surface area contributed by atoms with E-state index in [1.54, 1.807) is 6.92 Å². The van der Waals surface area contributed by atoms with Crippen molar-refractivity contribution in [2.45, 2.75) is 50.3 Å². The van der Waals surface area contributed by atoms with Crippen molar-refractivity contribution in [2.75, 3.05) is 12.9 Å². The molecule has 1 aliphatic rings. The number of nitrogens with one attached hydrogen (secondary N) is 1. The standard InChI is InChI=1S/C12H21NO3S2/c1-9(12(15)16-2)13-11(14)6-4-3-5-10-7-8-17-18-10/h9-10H,3-8H2,1-2H3,(H,13,14)/t9-,10?/m0/s1. The second kappa shape index (κ2) is 8.69. The van der Waals surface area contributed by atoms with Gasteiger partial charge >= 0.3 is 5.97 Å². The molecule has 0 bridgehead atoms. The Balaban J connectivity index is 2.04. The Kier molecular flexibility index (Phi) is 7.58. The molecule has 0 spiro atoms. The van der Waals surface area contributed by atoms with Crippen LogP contribution < -0.4 is 5.32 Å². The van der Waals surface area contributed by atoms with Crippen LogP contribution in [0.15, 0.2) is 0 Å². The number of amides is 1.